The van der Waals surface area contributed by atoms with Gasteiger partial charge in [0.2, 0.25) is 0 Å². The summed E-state index contributed by atoms with van der Waals surface area (Å²) in [5.41, 5.74) is 5.55. The molecule has 0 saturated heterocycles. The lowest BCUT2D eigenvalue weighted by molar-refractivity contribution is 0.123. The third-order valence-corrected chi connectivity index (χ3v) is 13.0. The monoisotopic (exact) mass is 357 g/mol. The van der Waals surface area contributed by atoms with Crippen LogP contribution in [0.2, 0.25) is 12.1 Å². The third-order valence-electron chi connectivity index (χ3n) is 3.44. The van der Waals surface area contributed by atoms with Crippen LogP contribution in [0.4, 0.5) is 0 Å². The van der Waals surface area contributed by atoms with Gasteiger partial charge in [0.25, 0.3) is 0 Å². The van der Waals surface area contributed by atoms with Crippen LogP contribution >= 0.6 is 11.2 Å². The van der Waals surface area contributed by atoms with E-state index in [4.69, 9.17) is 27.9 Å². The number of unbranched alkanes of at least 4 members (excludes halogenated alkanes) is 1. The van der Waals surface area contributed by atoms with Crippen LogP contribution in [0, 0.1) is 0 Å². The van der Waals surface area contributed by atoms with E-state index in [1.807, 2.05) is 0 Å². The largest absolute Gasteiger partial charge is 0.500 e. The summed E-state index contributed by atoms with van der Waals surface area (Å²) in [6.45, 7) is 0.714. The van der Waals surface area contributed by atoms with Gasteiger partial charge in [-0.2, -0.15) is 0 Å². The van der Waals surface area contributed by atoms with Crippen LogP contribution in [-0.4, -0.2) is 64.4 Å². The van der Waals surface area contributed by atoms with Gasteiger partial charge in [-0.15, -0.1) is 11.2 Å². The van der Waals surface area contributed by atoms with E-state index >= 15 is 0 Å². The van der Waals surface area contributed by atoms with Crippen LogP contribution in [0.25, 0.3) is 0 Å². The summed E-state index contributed by atoms with van der Waals surface area (Å²) in [7, 11) is 3.79. The molecular formula is C12H31NO5SSi2. The molecule has 0 amide bonds. The Morgan fingerprint density at radius 2 is 1.33 bits per heavy atom. The molecular weight excluding hydrogens is 326 g/mol. The second-order valence-electron chi connectivity index (χ2n) is 4.58. The molecule has 0 heterocycles. The minimum atomic E-state index is -2.46. The molecule has 0 aliphatic rings. The van der Waals surface area contributed by atoms with Crippen LogP contribution < -0.4 is 5.73 Å². The summed E-state index contributed by atoms with van der Waals surface area (Å²) < 4.78 is 27.7. The fourth-order valence-corrected chi connectivity index (χ4v) is 9.19. The minimum absolute atomic E-state index is 0.714. The SMILES string of the molecule is CO[Si](CCCS[Si](CCCCN)(OC)OC)(OC)OC. The molecule has 0 aromatic rings. The van der Waals surface area contributed by atoms with Gasteiger partial charge >= 0.3 is 16.5 Å². The van der Waals surface area contributed by atoms with E-state index in [1.54, 1.807) is 46.8 Å². The van der Waals surface area contributed by atoms with E-state index < -0.39 is 16.5 Å². The molecule has 0 bridgehead atoms. The number of hydrogen-bond donors (Lipinski definition) is 1. The van der Waals surface area contributed by atoms with E-state index in [-0.39, 0.29) is 0 Å². The minimum Gasteiger partial charge on any atom is -0.390 e. The molecule has 0 aromatic carbocycles. The third kappa shape index (κ3) is 7.57. The maximum Gasteiger partial charge on any atom is 0.500 e. The number of hydrogen-bond acceptors (Lipinski definition) is 7. The molecule has 128 valence electrons. The average molecular weight is 358 g/mol. The molecule has 0 rings (SSSR count). The van der Waals surface area contributed by atoms with Gasteiger partial charge in [0.15, 0.2) is 0 Å². The van der Waals surface area contributed by atoms with Gasteiger partial charge < -0.3 is 27.9 Å². The molecule has 21 heavy (non-hydrogen) atoms. The van der Waals surface area contributed by atoms with E-state index in [0.717, 1.165) is 37.1 Å². The summed E-state index contributed by atoms with van der Waals surface area (Å²) in [4.78, 5) is 0. The smallest absolute Gasteiger partial charge is 0.390 e. The van der Waals surface area contributed by atoms with Crippen LogP contribution in [-0.2, 0) is 22.1 Å². The van der Waals surface area contributed by atoms with Crippen molar-refractivity contribution in [1.82, 2.24) is 0 Å². The molecule has 2 N–H and O–H groups in total. The van der Waals surface area contributed by atoms with Crippen molar-refractivity contribution >= 4 is 27.7 Å². The Labute approximate surface area is 135 Å². The Balaban J connectivity index is 4.24. The van der Waals surface area contributed by atoms with Gasteiger partial charge in [-0.1, -0.05) is 0 Å². The van der Waals surface area contributed by atoms with Gasteiger partial charge in [0.1, 0.15) is 0 Å². The molecule has 6 nitrogen and oxygen atoms in total. The maximum atomic E-state index is 5.70. The van der Waals surface area contributed by atoms with Crippen molar-refractivity contribution in [2.75, 3.05) is 47.8 Å². The molecule has 0 atom stereocenters. The highest BCUT2D eigenvalue weighted by Crippen LogP contribution is 2.30. The Hall–Kier alpha value is 0.544. The second kappa shape index (κ2) is 12.0. The Kier molecular flexibility index (Phi) is 12.3. The molecule has 0 unspecified atom stereocenters. The van der Waals surface area contributed by atoms with E-state index in [2.05, 4.69) is 0 Å². The van der Waals surface area contributed by atoms with Crippen LogP contribution in [0.15, 0.2) is 0 Å². The van der Waals surface area contributed by atoms with Crippen LogP contribution in [0.5, 0.6) is 0 Å². The Morgan fingerprint density at radius 1 is 0.762 bits per heavy atom. The molecule has 0 aliphatic carbocycles. The van der Waals surface area contributed by atoms with Gasteiger partial charge in [0.05, 0.1) is 0 Å². The van der Waals surface area contributed by atoms with E-state index in [1.165, 1.54) is 0 Å². The zero-order valence-electron chi connectivity index (χ0n) is 14.0. The summed E-state index contributed by atoms with van der Waals surface area (Å²) in [6.07, 6.45) is 3.00. The molecule has 0 saturated carbocycles. The quantitative estimate of drug-likeness (QED) is 0.376. The number of nitrogens with two attached hydrogens (primary N) is 1. The topological polar surface area (TPSA) is 72.2 Å². The first-order valence-electron chi connectivity index (χ1n) is 7.17. The standard InChI is InChI=1S/C12H31NO5SSi2/c1-14-20(15-2,16-3)11-8-10-19-21(17-4,18-5)12-7-6-9-13/h6-13H2,1-5H3. The van der Waals surface area contributed by atoms with Crippen molar-refractivity contribution in [3.05, 3.63) is 0 Å². The highest BCUT2D eigenvalue weighted by atomic mass is 32.4. The molecule has 0 aromatic heterocycles. The molecule has 0 fully saturated rings. The first-order chi connectivity index (χ1) is 10.1. The zero-order valence-corrected chi connectivity index (χ0v) is 16.8. The Morgan fingerprint density at radius 3 is 1.76 bits per heavy atom. The molecule has 0 spiro atoms. The van der Waals surface area contributed by atoms with Crippen molar-refractivity contribution < 1.29 is 22.1 Å². The lowest BCUT2D eigenvalue weighted by atomic mass is 10.3. The highest BCUT2D eigenvalue weighted by molar-refractivity contribution is 8.27. The van der Waals surface area contributed by atoms with Crippen LogP contribution in [0.1, 0.15) is 19.3 Å². The molecule has 9 heteroatoms. The van der Waals surface area contributed by atoms with Gasteiger partial charge in [-0.3, -0.25) is 0 Å². The lowest BCUT2D eigenvalue weighted by Gasteiger charge is -2.27. The van der Waals surface area contributed by atoms with Crippen molar-refractivity contribution in [1.29, 1.82) is 0 Å². The van der Waals surface area contributed by atoms with Crippen molar-refractivity contribution in [3.8, 4) is 0 Å². The summed E-state index contributed by atoms with van der Waals surface area (Å²) in [6, 6.07) is 1.76. The highest BCUT2D eigenvalue weighted by Gasteiger charge is 2.39. The lowest BCUT2D eigenvalue weighted by Crippen LogP contribution is -2.43. The first kappa shape index (κ1) is 21.5. The average Bonchev–Trinajstić information content (AvgIpc) is 2.54. The fourth-order valence-electron chi connectivity index (χ4n) is 2.04. The summed E-state index contributed by atoms with van der Waals surface area (Å²) in [5.74, 6) is 0.946. The normalized spacial score (nSPS) is 12.9. The van der Waals surface area contributed by atoms with Crippen molar-refractivity contribution in [2.45, 2.75) is 31.4 Å². The predicted molar refractivity (Wildman–Crippen MR) is 91.5 cm³/mol. The molecule has 0 radical (unpaired) electrons. The van der Waals surface area contributed by atoms with Crippen LogP contribution in [0.3, 0.4) is 0 Å². The number of rotatable bonds is 14. The molecule has 0 aliphatic heterocycles. The zero-order chi connectivity index (χ0) is 16.2. The van der Waals surface area contributed by atoms with Gasteiger partial charge in [-0.05, 0) is 31.6 Å². The predicted octanol–water partition coefficient (Wildman–Crippen LogP) is 1.96. The fraction of sp³-hybridized carbons (Fsp3) is 1.00. The van der Waals surface area contributed by atoms with E-state index in [0.29, 0.717) is 6.54 Å². The summed E-state index contributed by atoms with van der Waals surface area (Å²) >= 11 is 1.80. The van der Waals surface area contributed by atoms with E-state index in [9.17, 15) is 0 Å². The van der Waals surface area contributed by atoms with Gasteiger partial charge in [-0.25, -0.2) is 0 Å². The second-order valence-corrected chi connectivity index (χ2v) is 13.8. The van der Waals surface area contributed by atoms with Gasteiger partial charge in [0, 0.05) is 47.6 Å². The summed E-state index contributed by atoms with van der Waals surface area (Å²) in [5, 5.41) is 0. The van der Waals surface area contributed by atoms with Crippen molar-refractivity contribution in [2.24, 2.45) is 5.73 Å². The van der Waals surface area contributed by atoms with Crippen molar-refractivity contribution in [3.63, 3.8) is 0 Å². The maximum absolute atomic E-state index is 5.70. The Bertz CT molecular complexity index is 248. The first-order valence-corrected chi connectivity index (χ1v) is 12.8.